The third kappa shape index (κ3) is 8.44. The Morgan fingerprint density at radius 2 is 1.56 bits per heavy atom. The fourth-order valence-electron chi connectivity index (χ4n) is 2.90. The average molecular weight is 507 g/mol. The molecule has 0 bridgehead atoms. The quantitative estimate of drug-likeness (QED) is 0.164. The number of carboxylic acid groups (broad SMARTS) is 1. The van der Waals surface area contributed by atoms with Crippen LogP contribution in [0, 0.1) is 0 Å². The van der Waals surface area contributed by atoms with E-state index in [1.54, 1.807) is 0 Å². The van der Waals surface area contributed by atoms with Gasteiger partial charge in [0.2, 0.25) is 29.5 Å². The number of likely N-dealkylation sites (N-methyl/N-ethyl adjacent to an activating group) is 1. The van der Waals surface area contributed by atoms with E-state index in [1.165, 1.54) is 14.0 Å². The number of nitrogens with one attached hydrogen (secondary N) is 5. The first kappa shape index (κ1) is 29.1. The lowest BCUT2D eigenvalue weighted by atomic mass is 10.1. The van der Waals surface area contributed by atoms with Gasteiger partial charge in [0, 0.05) is 5.75 Å². The maximum Gasteiger partial charge on any atom is 0.318 e. The first-order valence-corrected chi connectivity index (χ1v) is 11.2. The van der Waals surface area contributed by atoms with E-state index >= 15 is 0 Å². The topological polar surface area (TPSA) is 249 Å². The number of primary amides is 1. The lowest BCUT2D eigenvalue weighted by Crippen LogP contribution is -2.60. The Morgan fingerprint density at radius 1 is 0.971 bits per heavy atom. The molecule has 4 unspecified atom stereocenters. The molecular formula is C18H30N6O9S. The molecule has 0 spiro atoms. The molecule has 1 heterocycles. The van der Waals surface area contributed by atoms with E-state index in [4.69, 9.17) is 5.73 Å². The summed E-state index contributed by atoms with van der Waals surface area (Å²) in [5.74, 6) is -6.02. The maximum absolute atomic E-state index is 12.7. The number of nitrogens with two attached hydrogens (primary N) is 1. The molecule has 1 fully saturated rings. The smallest absolute Gasteiger partial charge is 0.318 e. The average Bonchev–Trinajstić information content (AvgIpc) is 2.76. The summed E-state index contributed by atoms with van der Waals surface area (Å²) < 4.78 is 0. The number of carboxylic acids is 1. The first-order chi connectivity index (χ1) is 15.9. The van der Waals surface area contributed by atoms with Crippen molar-refractivity contribution >= 4 is 47.3 Å². The van der Waals surface area contributed by atoms with E-state index in [0.717, 1.165) is 11.8 Å². The van der Waals surface area contributed by atoms with Crippen LogP contribution in [0.4, 0.5) is 0 Å². The zero-order valence-corrected chi connectivity index (χ0v) is 19.4. The lowest BCUT2D eigenvalue weighted by molar-refractivity contribution is -0.138. The second kappa shape index (κ2) is 13.7. The summed E-state index contributed by atoms with van der Waals surface area (Å²) in [5.41, 5.74) is 5.15. The fourth-order valence-corrected chi connectivity index (χ4v) is 4.15. The number of aliphatic hydroxyl groups excluding tert-OH is 2. The number of aliphatic carboxylic acids is 1. The molecule has 34 heavy (non-hydrogen) atoms. The van der Waals surface area contributed by atoms with Crippen LogP contribution in [0.2, 0.25) is 0 Å². The van der Waals surface area contributed by atoms with Crippen molar-refractivity contribution < 1.29 is 44.1 Å². The zero-order chi connectivity index (χ0) is 26.0. The van der Waals surface area contributed by atoms with Crippen molar-refractivity contribution in [2.45, 2.75) is 48.8 Å². The van der Waals surface area contributed by atoms with Crippen molar-refractivity contribution in [2.75, 3.05) is 26.0 Å². The molecule has 10 N–H and O–H groups in total. The van der Waals surface area contributed by atoms with Crippen LogP contribution in [0.3, 0.4) is 0 Å². The van der Waals surface area contributed by atoms with Crippen LogP contribution in [0.15, 0.2) is 0 Å². The summed E-state index contributed by atoms with van der Waals surface area (Å²) in [6.45, 7) is -0.342. The number of hydrogen-bond acceptors (Lipinski definition) is 10. The fraction of sp³-hybridized carbons (Fsp3) is 0.667. The van der Waals surface area contributed by atoms with Gasteiger partial charge in [-0.05, 0) is 14.0 Å². The Bertz CT molecular complexity index is 798. The Labute approximate surface area is 199 Å². The Kier molecular flexibility index (Phi) is 11.7. The van der Waals surface area contributed by atoms with Gasteiger partial charge in [-0.3, -0.25) is 28.8 Å². The third-order valence-electron chi connectivity index (χ3n) is 4.85. The Hall–Kier alpha value is -2.95. The molecular weight excluding hydrogens is 476 g/mol. The van der Waals surface area contributed by atoms with Crippen molar-refractivity contribution in [1.29, 1.82) is 0 Å². The summed E-state index contributed by atoms with van der Waals surface area (Å²) in [6.07, 6.45) is -0.640. The molecule has 1 aliphatic rings. The van der Waals surface area contributed by atoms with E-state index in [-0.39, 0.29) is 5.75 Å². The highest BCUT2D eigenvalue weighted by molar-refractivity contribution is 8.00. The molecule has 0 aromatic heterocycles. The van der Waals surface area contributed by atoms with Crippen molar-refractivity contribution in [2.24, 2.45) is 5.73 Å². The van der Waals surface area contributed by atoms with Crippen LogP contribution in [0.1, 0.15) is 13.3 Å². The zero-order valence-electron chi connectivity index (χ0n) is 18.6. The third-order valence-corrected chi connectivity index (χ3v) is 6.26. The van der Waals surface area contributed by atoms with Gasteiger partial charge in [0.15, 0.2) is 0 Å². The Balaban J connectivity index is 3.35. The predicted molar refractivity (Wildman–Crippen MR) is 118 cm³/mol. The minimum absolute atomic E-state index is 0.150. The van der Waals surface area contributed by atoms with Crippen LogP contribution < -0.4 is 32.3 Å². The van der Waals surface area contributed by atoms with Crippen LogP contribution in [-0.4, -0.2) is 112 Å². The van der Waals surface area contributed by atoms with Gasteiger partial charge >= 0.3 is 5.97 Å². The van der Waals surface area contributed by atoms with Crippen LogP contribution in [0.25, 0.3) is 0 Å². The number of carbonyl (C=O) groups is 6. The van der Waals surface area contributed by atoms with Gasteiger partial charge < -0.3 is 47.6 Å². The molecule has 6 atom stereocenters. The van der Waals surface area contributed by atoms with Gasteiger partial charge in [0.25, 0.3) is 0 Å². The first-order valence-electron chi connectivity index (χ1n) is 10.2. The van der Waals surface area contributed by atoms with Crippen molar-refractivity contribution in [3.8, 4) is 0 Å². The molecule has 16 heteroatoms. The molecule has 1 rings (SSSR count). The summed E-state index contributed by atoms with van der Waals surface area (Å²) in [5, 5.41) is 39.2. The molecule has 0 radical (unpaired) electrons. The molecule has 0 aromatic carbocycles. The van der Waals surface area contributed by atoms with Gasteiger partial charge in [-0.2, -0.15) is 0 Å². The van der Waals surface area contributed by atoms with E-state index in [9.17, 15) is 44.1 Å². The molecule has 1 saturated heterocycles. The highest BCUT2D eigenvalue weighted by Gasteiger charge is 2.35. The van der Waals surface area contributed by atoms with Gasteiger partial charge in [0.05, 0.1) is 31.7 Å². The Morgan fingerprint density at radius 3 is 2.06 bits per heavy atom. The van der Waals surface area contributed by atoms with Gasteiger partial charge in [-0.15, -0.1) is 11.8 Å². The van der Waals surface area contributed by atoms with Gasteiger partial charge in [-0.1, -0.05) is 0 Å². The number of hydrogen-bond donors (Lipinski definition) is 9. The van der Waals surface area contributed by atoms with E-state index in [1.807, 2.05) is 0 Å². The second-order valence-corrected chi connectivity index (χ2v) is 8.61. The highest BCUT2D eigenvalue weighted by atomic mass is 32.2. The number of carbonyl (C=O) groups excluding carboxylic acids is 5. The summed E-state index contributed by atoms with van der Waals surface area (Å²) in [6, 6.07) is -6.57. The standard InChI is InChI=1S/C18H30N6O9S/c1-7-14(28)22-8(3-12(19)27)15(29)23-9(4-25)13(18(32)33)34-6-11(20-2)17(31)24-10(5-26)16(30)21-7/h7-11,13,20,25-26H,3-6H2,1-2H3,(H2,19,27)(H,21,30)(H,22,28)(H,23,29)(H,24,31)(H,32,33)/t7-,8-,9?,10?,11?,13?/m0/s1. The number of amides is 5. The van der Waals surface area contributed by atoms with Crippen LogP contribution in [0.5, 0.6) is 0 Å². The summed E-state index contributed by atoms with van der Waals surface area (Å²) in [4.78, 5) is 73.4. The molecule has 5 amide bonds. The highest BCUT2D eigenvalue weighted by Crippen LogP contribution is 2.18. The molecule has 1 aliphatic heterocycles. The lowest BCUT2D eigenvalue weighted by Gasteiger charge is -2.28. The SMILES string of the molecule is CNC1CSC(C(=O)O)C(CO)NC(=O)[C@H](CC(N)=O)NC(=O)[C@H](C)NC(=O)C(CO)NC1=O. The van der Waals surface area contributed by atoms with Gasteiger partial charge in [-0.25, -0.2) is 0 Å². The van der Waals surface area contributed by atoms with Crippen molar-refractivity contribution in [3.63, 3.8) is 0 Å². The summed E-state index contributed by atoms with van der Waals surface area (Å²) >= 11 is 0.723. The van der Waals surface area contributed by atoms with Crippen LogP contribution >= 0.6 is 11.8 Å². The van der Waals surface area contributed by atoms with E-state index in [2.05, 4.69) is 26.6 Å². The maximum atomic E-state index is 12.7. The second-order valence-electron chi connectivity index (χ2n) is 7.44. The molecule has 0 saturated carbocycles. The van der Waals surface area contributed by atoms with Gasteiger partial charge in [0.1, 0.15) is 23.4 Å². The number of thioether (sulfide) groups is 1. The van der Waals surface area contributed by atoms with Crippen molar-refractivity contribution in [3.05, 3.63) is 0 Å². The minimum atomic E-state index is -1.52. The minimum Gasteiger partial charge on any atom is -0.480 e. The molecule has 192 valence electrons. The van der Waals surface area contributed by atoms with Crippen LogP contribution in [-0.2, 0) is 28.8 Å². The molecule has 0 aliphatic carbocycles. The van der Waals surface area contributed by atoms with E-state index in [0.29, 0.717) is 0 Å². The monoisotopic (exact) mass is 506 g/mol. The normalized spacial score (nSPS) is 29.9. The largest absolute Gasteiger partial charge is 0.480 e. The van der Waals surface area contributed by atoms with E-state index < -0.39 is 90.6 Å². The number of rotatable bonds is 6. The summed E-state index contributed by atoms with van der Waals surface area (Å²) in [7, 11) is 1.42. The number of aliphatic hydroxyl groups is 2. The molecule has 15 nitrogen and oxygen atoms in total. The molecule has 0 aromatic rings. The predicted octanol–water partition coefficient (Wildman–Crippen LogP) is -5.41. The van der Waals surface area contributed by atoms with Crippen molar-refractivity contribution in [1.82, 2.24) is 26.6 Å².